The molecular weight excluding hydrogens is 810 g/mol. The van der Waals surface area contributed by atoms with Crippen molar-refractivity contribution in [3.63, 3.8) is 0 Å². The summed E-state index contributed by atoms with van der Waals surface area (Å²) in [6.07, 6.45) is 7.60. The molecule has 5 heterocycles. The van der Waals surface area contributed by atoms with E-state index in [2.05, 4.69) is 37.0 Å². The van der Waals surface area contributed by atoms with Crippen LogP contribution in [0.1, 0.15) is 60.4 Å². The van der Waals surface area contributed by atoms with Gasteiger partial charge in [-0.25, -0.2) is 18.4 Å². The van der Waals surface area contributed by atoms with Crippen LogP contribution in [0.15, 0.2) is 71.4 Å². The molecule has 0 radical (unpaired) electrons. The molecule has 1 saturated carbocycles. The number of benzene rings is 3. The molecule has 3 fully saturated rings. The summed E-state index contributed by atoms with van der Waals surface area (Å²) in [6.45, 7) is 5.49. The summed E-state index contributed by atoms with van der Waals surface area (Å²) < 4.78 is 33.6. The molecule has 10 rings (SSSR count). The average Bonchev–Trinajstić information content (AvgIpc) is 3.49. The molecule has 6 aromatic rings. The predicted octanol–water partition coefficient (Wildman–Crippen LogP) is 7.95. The second-order valence-electron chi connectivity index (χ2n) is 16.4. The first-order chi connectivity index (χ1) is 28.5. The largest absolute Gasteiger partial charge is 0.434 e. The number of aliphatic hydroxyl groups excluding tert-OH is 1. The third kappa shape index (κ3) is 7.25. The number of hydrogen-bond acceptors (Lipinski definition) is 11. The van der Waals surface area contributed by atoms with Gasteiger partial charge in [-0.3, -0.25) is 24.3 Å². The van der Waals surface area contributed by atoms with E-state index in [-0.39, 0.29) is 18.1 Å². The van der Waals surface area contributed by atoms with Gasteiger partial charge in [-0.2, -0.15) is 0 Å². The maximum absolute atomic E-state index is 12.9. The van der Waals surface area contributed by atoms with Gasteiger partial charge < -0.3 is 14.8 Å². The second-order valence-corrected chi connectivity index (χ2v) is 19.1. The highest BCUT2D eigenvalue weighted by molar-refractivity contribution is 7.90. The first-order valence-corrected chi connectivity index (χ1v) is 22.5. The van der Waals surface area contributed by atoms with Crippen LogP contribution >= 0.6 is 23.2 Å². The van der Waals surface area contributed by atoms with Crippen molar-refractivity contribution in [1.82, 2.24) is 29.5 Å². The summed E-state index contributed by atoms with van der Waals surface area (Å²) in [5.41, 5.74) is 9.31. The number of aliphatic hydroxyl groups is 1. The number of carbonyl (C=O) groups is 1. The van der Waals surface area contributed by atoms with Crippen molar-refractivity contribution in [3.8, 4) is 22.6 Å². The Bertz CT molecular complexity index is 2780. The molecule has 3 atom stereocenters. The highest BCUT2D eigenvalue weighted by Gasteiger charge is 2.41. The summed E-state index contributed by atoms with van der Waals surface area (Å²) >= 11 is 14.3. The number of aromatic nitrogens is 3. The van der Waals surface area contributed by atoms with Crippen LogP contribution in [-0.2, 0) is 27.8 Å². The number of nitrogens with zero attached hydrogens (tertiary/aromatic N) is 5. The number of hydrogen-bond donors (Lipinski definition) is 3. The quantitative estimate of drug-likeness (QED) is 0.123. The summed E-state index contributed by atoms with van der Waals surface area (Å²) in [5.74, 6) is 0.266. The van der Waals surface area contributed by atoms with Crippen LogP contribution in [-0.4, -0.2) is 81.7 Å². The normalized spacial score (nSPS) is 21.1. The third-order valence-electron chi connectivity index (χ3n) is 12.4. The number of halogens is 2. The lowest BCUT2D eigenvalue weighted by molar-refractivity contribution is -0.122. The molecule has 3 aromatic heterocycles. The topological polar surface area (TPSA) is 154 Å². The standard InChI is InChI=1S/C44H43Cl2N7O5S/c1-24-30(32-6-3-7-35(38(32)45)49-42-40-26(12-15-47-42)18-25(20-48-40)21-52-16-14-28(54)23-52)4-2-5-31(24)44-50-36-19-34-33(39(46)41(36)58-44)10-11-37(34)53-17-13-27(22-53)43(55)51-59(56,57)29-8-9-29/h2-7,12,15,18-20,27-29,37,54H,8-11,13-14,16-17,21-23H2,1H3,(H,47,49)(H,51,55)/t27-,28-,37-/m1/s1. The van der Waals surface area contributed by atoms with Gasteiger partial charge in [0, 0.05) is 61.1 Å². The Morgan fingerprint density at radius 1 is 0.949 bits per heavy atom. The van der Waals surface area contributed by atoms with E-state index in [1.165, 1.54) is 0 Å². The van der Waals surface area contributed by atoms with E-state index in [1.807, 2.05) is 55.6 Å². The number of pyridine rings is 2. The minimum Gasteiger partial charge on any atom is -0.434 e. The number of fused-ring (bicyclic) bond motifs is 3. The number of rotatable bonds is 10. The fraction of sp³-hybridized carbons (Fsp3) is 0.364. The number of oxazole rings is 1. The molecular formula is C44H43Cl2N7O5S. The molecule has 15 heteroatoms. The smallest absolute Gasteiger partial charge is 0.237 e. The molecule has 2 aliphatic carbocycles. The monoisotopic (exact) mass is 851 g/mol. The van der Waals surface area contributed by atoms with Gasteiger partial charge in [0.25, 0.3) is 0 Å². The third-order valence-corrected chi connectivity index (χ3v) is 15.1. The Labute approximate surface area is 352 Å². The zero-order valence-corrected chi connectivity index (χ0v) is 34.7. The zero-order chi connectivity index (χ0) is 40.6. The van der Waals surface area contributed by atoms with Crippen LogP contribution in [0.5, 0.6) is 0 Å². The Morgan fingerprint density at radius 3 is 2.58 bits per heavy atom. The van der Waals surface area contributed by atoms with E-state index < -0.39 is 21.2 Å². The van der Waals surface area contributed by atoms with E-state index in [4.69, 9.17) is 37.6 Å². The Balaban J connectivity index is 0.895. The number of amides is 1. The molecule has 3 aromatic carbocycles. The fourth-order valence-corrected chi connectivity index (χ4v) is 11.1. The number of nitrogens with one attached hydrogen (secondary N) is 2. The Morgan fingerprint density at radius 2 is 1.76 bits per heavy atom. The van der Waals surface area contributed by atoms with Gasteiger partial charge >= 0.3 is 0 Å². The number of carbonyl (C=O) groups excluding carboxylic acids is 1. The predicted molar refractivity (Wildman–Crippen MR) is 229 cm³/mol. The Hall–Kier alpha value is -4.63. The van der Waals surface area contributed by atoms with Crippen molar-refractivity contribution >= 4 is 72.6 Å². The van der Waals surface area contributed by atoms with Gasteiger partial charge in [0.15, 0.2) is 11.4 Å². The number of anilines is 2. The van der Waals surface area contributed by atoms with Gasteiger partial charge in [-0.1, -0.05) is 47.5 Å². The molecule has 0 unspecified atom stereocenters. The molecule has 304 valence electrons. The maximum atomic E-state index is 12.9. The van der Waals surface area contributed by atoms with Crippen molar-refractivity contribution in [2.45, 2.75) is 69.4 Å². The van der Waals surface area contributed by atoms with Gasteiger partial charge in [0.2, 0.25) is 21.8 Å². The molecule has 0 spiro atoms. The van der Waals surface area contributed by atoms with Crippen molar-refractivity contribution < 1.29 is 22.7 Å². The molecule has 4 aliphatic rings. The molecule has 2 saturated heterocycles. The molecule has 12 nitrogen and oxygen atoms in total. The van der Waals surface area contributed by atoms with E-state index in [9.17, 15) is 18.3 Å². The van der Waals surface area contributed by atoms with Crippen LogP contribution in [0.25, 0.3) is 44.6 Å². The maximum Gasteiger partial charge on any atom is 0.237 e. The van der Waals surface area contributed by atoms with Crippen molar-refractivity contribution in [2.75, 3.05) is 31.5 Å². The van der Waals surface area contributed by atoms with Crippen LogP contribution in [0, 0.1) is 12.8 Å². The number of sulfonamides is 1. The van der Waals surface area contributed by atoms with Crippen LogP contribution in [0.2, 0.25) is 10.0 Å². The summed E-state index contributed by atoms with van der Waals surface area (Å²) in [5, 5.41) is 15.0. The lowest BCUT2D eigenvalue weighted by atomic mass is 9.96. The zero-order valence-electron chi connectivity index (χ0n) is 32.4. The van der Waals surface area contributed by atoms with Crippen molar-refractivity contribution in [2.24, 2.45) is 5.92 Å². The van der Waals surface area contributed by atoms with Gasteiger partial charge in [0.05, 0.1) is 33.0 Å². The van der Waals surface area contributed by atoms with Crippen LogP contribution < -0.4 is 10.0 Å². The van der Waals surface area contributed by atoms with Crippen molar-refractivity contribution in [3.05, 3.63) is 99.3 Å². The average molecular weight is 853 g/mol. The van der Waals surface area contributed by atoms with Crippen LogP contribution in [0.3, 0.4) is 0 Å². The SMILES string of the molecule is Cc1c(-c2nc3cc4c(c(Cl)c3o2)CC[C@H]4N2CC[C@@H](C(=O)NS(=O)(=O)C3CC3)C2)cccc1-c1cccc(Nc2nccc3cc(CN4CC[C@@H](O)C4)cnc23)c1Cl. The van der Waals surface area contributed by atoms with E-state index in [1.54, 1.807) is 6.20 Å². The fourth-order valence-electron chi connectivity index (χ4n) is 9.16. The molecule has 3 N–H and O–H groups in total. The lowest BCUT2D eigenvalue weighted by Crippen LogP contribution is -2.38. The molecule has 2 aliphatic heterocycles. The molecule has 59 heavy (non-hydrogen) atoms. The highest BCUT2D eigenvalue weighted by Crippen LogP contribution is 2.46. The summed E-state index contributed by atoms with van der Waals surface area (Å²) in [4.78, 5) is 31.8. The minimum absolute atomic E-state index is 0.0472. The first-order valence-electron chi connectivity index (χ1n) is 20.2. The van der Waals surface area contributed by atoms with Gasteiger partial charge in [-0.15, -0.1) is 0 Å². The first kappa shape index (κ1) is 38.6. The van der Waals surface area contributed by atoms with E-state index >= 15 is 0 Å². The minimum atomic E-state index is -3.58. The lowest BCUT2D eigenvalue weighted by Gasteiger charge is -2.25. The number of β-amino-alcohol motifs (C(OH)–C–C–N with tert-alkyl or cyclic N) is 1. The Kier molecular flexibility index (Phi) is 9.89. The van der Waals surface area contributed by atoms with Crippen LogP contribution in [0.4, 0.5) is 11.5 Å². The number of likely N-dealkylation sites (tertiary alicyclic amines) is 2. The van der Waals surface area contributed by atoms with Crippen molar-refractivity contribution in [1.29, 1.82) is 0 Å². The van der Waals surface area contributed by atoms with Gasteiger partial charge in [0.1, 0.15) is 11.0 Å². The molecule has 1 amide bonds. The van der Waals surface area contributed by atoms with Gasteiger partial charge in [-0.05, 0) is 110 Å². The highest BCUT2D eigenvalue weighted by atomic mass is 35.5. The molecule has 0 bridgehead atoms. The van der Waals surface area contributed by atoms with E-state index in [0.29, 0.717) is 77.4 Å². The second kappa shape index (κ2) is 15.1. The summed E-state index contributed by atoms with van der Waals surface area (Å²) in [7, 11) is -3.58. The summed E-state index contributed by atoms with van der Waals surface area (Å²) in [6, 6.07) is 18.0. The van der Waals surface area contributed by atoms with E-state index in [0.717, 1.165) is 82.2 Å².